The molecule has 0 amide bonds. The van der Waals surface area contributed by atoms with Gasteiger partial charge >= 0.3 is 0 Å². The van der Waals surface area contributed by atoms with Gasteiger partial charge in [-0.15, -0.1) is 0 Å². The van der Waals surface area contributed by atoms with Crippen LogP contribution < -0.4 is 10.2 Å². The summed E-state index contributed by atoms with van der Waals surface area (Å²) in [5.41, 5.74) is 2.38. The first-order valence-corrected chi connectivity index (χ1v) is 11.1. The molecule has 5 heteroatoms. The third-order valence-electron chi connectivity index (χ3n) is 5.65. The van der Waals surface area contributed by atoms with Gasteiger partial charge in [0.1, 0.15) is 5.76 Å². The van der Waals surface area contributed by atoms with E-state index in [9.17, 15) is 0 Å². The van der Waals surface area contributed by atoms with Gasteiger partial charge in [-0.2, -0.15) is 0 Å². The number of likely N-dealkylation sites (tertiary alicyclic amines) is 1. The van der Waals surface area contributed by atoms with Gasteiger partial charge in [0.05, 0.1) is 32.4 Å². The molecule has 0 radical (unpaired) electrons. The molecule has 3 rings (SSSR count). The molecule has 0 aliphatic carbocycles. The molecule has 1 aromatic carbocycles. The molecule has 2 atom stereocenters. The highest BCUT2D eigenvalue weighted by molar-refractivity contribution is 7.80. The van der Waals surface area contributed by atoms with E-state index in [1.807, 2.05) is 12.1 Å². The second-order valence-electron chi connectivity index (χ2n) is 8.04. The van der Waals surface area contributed by atoms with Crippen LogP contribution in [0.25, 0.3) is 0 Å². The zero-order valence-electron chi connectivity index (χ0n) is 17.2. The van der Waals surface area contributed by atoms with E-state index in [-0.39, 0.29) is 0 Å². The number of nitrogens with zero attached hydrogens (tertiary/aromatic N) is 1. The highest BCUT2D eigenvalue weighted by Crippen LogP contribution is 2.13. The molecule has 28 heavy (non-hydrogen) atoms. The van der Waals surface area contributed by atoms with Crippen LogP contribution >= 0.6 is 12.2 Å². The number of thiocarbonyl (C=S) groups is 1. The molecule has 1 aliphatic heterocycles. The normalized spacial score (nSPS) is 19.4. The van der Waals surface area contributed by atoms with Gasteiger partial charge in [0.15, 0.2) is 5.11 Å². The van der Waals surface area contributed by atoms with Crippen molar-refractivity contribution in [1.82, 2.24) is 4.90 Å². The Bertz CT molecular complexity index is 714. The van der Waals surface area contributed by atoms with Crippen molar-refractivity contribution in [3.05, 3.63) is 54.0 Å². The van der Waals surface area contributed by atoms with Gasteiger partial charge < -0.3 is 19.5 Å². The molecule has 0 spiro atoms. The van der Waals surface area contributed by atoms with Crippen molar-refractivity contribution in [3.63, 3.8) is 0 Å². The molecule has 1 saturated heterocycles. The van der Waals surface area contributed by atoms with Gasteiger partial charge in [-0.1, -0.05) is 26.0 Å². The topological polar surface area (TPSA) is 32.9 Å². The smallest absolute Gasteiger partial charge is 0.173 e. The third-order valence-corrected chi connectivity index (χ3v) is 6.01. The molecule has 1 fully saturated rings. The summed E-state index contributed by atoms with van der Waals surface area (Å²) in [6.45, 7) is 10.0. The fraction of sp³-hybridized carbons (Fsp3) is 0.522. The van der Waals surface area contributed by atoms with E-state index in [1.54, 1.807) is 11.2 Å². The molecule has 152 valence electrons. The average molecular weight is 401 g/mol. The molecule has 2 N–H and O–H groups in total. The van der Waals surface area contributed by atoms with E-state index in [4.69, 9.17) is 16.6 Å². The first-order chi connectivity index (χ1) is 13.6. The average Bonchev–Trinajstić information content (AvgIpc) is 3.21. The zero-order chi connectivity index (χ0) is 19.8. The van der Waals surface area contributed by atoms with E-state index in [0.717, 1.165) is 41.9 Å². The van der Waals surface area contributed by atoms with Crippen molar-refractivity contribution in [2.24, 2.45) is 5.92 Å². The maximum atomic E-state index is 5.75. The summed E-state index contributed by atoms with van der Waals surface area (Å²) in [5, 5.41) is 4.18. The number of aryl methyl sites for hydroxylation is 1. The van der Waals surface area contributed by atoms with Crippen molar-refractivity contribution >= 4 is 23.0 Å². The minimum atomic E-state index is 0.706. The summed E-state index contributed by atoms with van der Waals surface area (Å²) in [4.78, 5) is 3.97. The number of quaternary nitrogens is 1. The standard InChI is InChI=1S/C23H33N3OS/c1-3-20-9-11-21(12-10-20)24-23(28)26(18-22-8-5-16-27-22)15-6-14-25-13-4-7-19(2)17-25/h5,8-12,16,19H,3-4,6-7,13-15,17-18H2,1-2H3,(H,24,28)/p+1. The second kappa shape index (κ2) is 10.6. The fourth-order valence-electron chi connectivity index (χ4n) is 4.01. The maximum absolute atomic E-state index is 5.75. The van der Waals surface area contributed by atoms with Crippen LogP contribution in [0.4, 0.5) is 5.69 Å². The van der Waals surface area contributed by atoms with Crippen molar-refractivity contribution in [3.8, 4) is 0 Å². The Labute approximate surface area is 174 Å². The number of nitrogens with one attached hydrogen (secondary N) is 2. The van der Waals surface area contributed by atoms with Gasteiger partial charge in [-0.25, -0.2) is 0 Å². The molecule has 4 nitrogen and oxygen atoms in total. The number of furan rings is 1. The van der Waals surface area contributed by atoms with Crippen LogP contribution in [-0.4, -0.2) is 36.2 Å². The number of hydrogen-bond acceptors (Lipinski definition) is 2. The van der Waals surface area contributed by atoms with Crippen molar-refractivity contribution in [2.75, 3.05) is 31.5 Å². The van der Waals surface area contributed by atoms with Crippen LogP contribution in [0.15, 0.2) is 47.1 Å². The van der Waals surface area contributed by atoms with E-state index in [0.29, 0.717) is 6.54 Å². The van der Waals surface area contributed by atoms with Gasteiger partial charge in [-0.3, -0.25) is 0 Å². The summed E-state index contributed by atoms with van der Waals surface area (Å²) < 4.78 is 5.57. The van der Waals surface area contributed by atoms with E-state index in [2.05, 4.69) is 48.3 Å². The molecule has 1 aliphatic rings. The van der Waals surface area contributed by atoms with Crippen LogP contribution in [0.2, 0.25) is 0 Å². The van der Waals surface area contributed by atoms with Gasteiger partial charge in [0.25, 0.3) is 0 Å². The van der Waals surface area contributed by atoms with Crippen LogP contribution in [0, 0.1) is 5.92 Å². The molecule has 1 aromatic heterocycles. The van der Waals surface area contributed by atoms with Crippen LogP contribution in [0.1, 0.15) is 44.4 Å². The van der Waals surface area contributed by atoms with Crippen molar-refractivity contribution in [1.29, 1.82) is 0 Å². The van der Waals surface area contributed by atoms with E-state index >= 15 is 0 Å². The fourth-order valence-corrected chi connectivity index (χ4v) is 4.29. The Kier molecular flexibility index (Phi) is 7.92. The predicted molar refractivity (Wildman–Crippen MR) is 120 cm³/mol. The summed E-state index contributed by atoms with van der Waals surface area (Å²) in [5.74, 6) is 1.81. The Morgan fingerprint density at radius 3 is 2.79 bits per heavy atom. The lowest BCUT2D eigenvalue weighted by Crippen LogP contribution is -3.13. The molecular formula is C23H34N3OS+. The number of anilines is 1. The highest BCUT2D eigenvalue weighted by atomic mass is 32.1. The van der Waals surface area contributed by atoms with E-state index < -0.39 is 0 Å². The summed E-state index contributed by atoms with van der Waals surface area (Å²) in [7, 11) is 0. The summed E-state index contributed by atoms with van der Waals surface area (Å²) in [6.07, 6.45) is 6.66. The lowest BCUT2D eigenvalue weighted by atomic mass is 10.0. The third kappa shape index (κ3) is 6.35. The lowest BCUT2D eigenvalue weighted by molar-refractivity contribution is -0.908. The quantitative estimate of drug-likeness (QED) is 0.661. The lowest BCUT2D eigenvalue weighted by Gasteiger charge is -2.29. The first-order valence-electron chi connectivity index (χ1n) is 10.6. The largest absolute Gasteiger partial charge is 0.467 e. The Hall–Kier alpha value is -1.85. The van der Waals surface area contributed by atoms with Crippen LogP contribution in [0.5, 0.6) is 0 Å². The summed E-state index contributed by atoms with van der Waals surface area (Å²) in [6, 6.07) is 12.5. The van der Waals surface area contributed by atoms with Gasteiger partial charge in [0, 0.05) is 24.6 Å². The maximum Gasteiger partial charge on any atom is 0.173 e. The van der Waals surface area contributed by atoms with Gasteiger partial charge in [0.2, 0.25) is 0 Å². The SMILES string of the molecule is CCc1ccc(NC(=S)N(CCC[NH+]2CCCC(C)C2)Cc2ccco2)cc1. The Balaban J connectivity index is 1.56. The molecule has 0 saturated carbocycles. The van der Waals surface area contributed by atoms with Crippen LogP contribution in [-0.2, 0) is 13.0 Å². The number of rotatable bonds is 8. The number of hydrogen-bond donors (Lipinski definition) is 2. The first kappa shape index (κ1) is 20.9. The van der Waals surface area contributed by atoms with Gasteiger partial charge in [-0.05, 0) is 61.3 Å². The number of piperidine rings is 1. The minimum Gasteiger partial charge on any atom is -0.467 e. The number of benzene rings is 1. The molecule has 2 heterocycles. The second-order valence-corrected chi connectivity index (χ2v) is 8.42. The van der Waals surface area contributed by atoms with Crippen LogP contribution in [0.3, 0.4) is 0 Å². The molecule has 2 aromatic rings. The van der Waals surface area contributed by atoms with Crippen molar-refractivity contribution in [2.45, 2.75) is 46.1 Å². The highest BCUT2D eigenvalue weighted by Gasteiger charge is 2.20. The monoisotopic (exact) mass is 400 g/mol. The minimum absolute atomic E-state index is 0.706. The van der Waals surface area contributed by atoms with E-state index in [1.165, 1.54) is 38.0 Å². The predicted octanol–water partition coefficient (Wildman–Crippen LogP) is 3.75. The molecular weight excluding hydrogens is 366 g/mol. The molecule has 2 unspecified atom stereocenters. The van der Waals surface area contributed by atoms with Crippen molar-refractivity contribution < 1.29 is 9.32 Å². The Morgan fingerprint density at radius 2 is 2.11 bits per heavy atom. The Morgan fingerprint density at radius 1 is 1.29 bits per heavy atom. The molecule has 0 bridgehead atoms. The summed E-state index contributed by atoms with van der Waals surface area (Å²) >= 11 is 5.75. The zero-order valence-corrected chi connectivity index (χ0v) is 18.1.